The van der Waals surface area contributed by atoms with Gasteiger partial charge in [-0.15, -0.1) is 0 Å². The Labute approximate surface area is 88.7 Å². The van der Waals surface area contributed by atoms with Gasteiger partial charge in [-0.1, -0.05) is 26.7 Å². The molecule has 0 aromatic rings. The van der Waals surface area contributed by atoms with E-state index in [0.717, 1.165) is 17.4 Å². The van der Waals surface area contributed by atoms with E-state index in [9.17, 15) is 0 Å². The Kier molecular flexibility index (Phi) is 3.16. The van der Waals surface area contributed by atoms with Crippen LogP contribution in [0.1, 0.15) is 58.8 Å². The van der Waals surface area contributed by atoms with E-state index in [-0.39, 0.29) is 0 Å². The first-order valence-electron chi connectivity index (χ1n) is 6.47. The first-order chi connectivity index (χ1) is 6.74. The molecular formula is C13H25N. The van der Waals surface area contributed by atoms with E-state index in [4.69, 9.17) is 0 Å². The SMILES string of the molecule is CCC1(CC2CC(C)CCN2)CCC1. The molecule has 0 radical (unpaired) electrons. The standard InChI is InChI=1S/C13H25N/c1-3-13(6-4-7-13)10-12-9-11(2)5-8-14-12/h11-12,14H,3-10H2,1-2H3. The predicted octanol–water partition coefficient (Wildman–Crippen LogP) is 3.34. The molecule has 0 aromatic heterocycles. The molecule has 0 spiro atoms. The molecule has 1 heterocycles. The van der Waals surface area contributed by atoms with E-state index >= 15 is 0 Å². The zero-order chi connectivity index (χ0) is 10.0. The lowest BCUT2D eigenvalue weighted by atomic mass is 9.63. The molecule has 0 bridgehead atoms. The van der Waals surface area contributed by atoms with E-state index in [0.29, 0.717) is 0 Å². The molecule has 1 nitrogen and oxygen atoms in total. The molecule has 82 valence electrons. The van der Waals surface area contributed by atoms with Crippen LogP contribution in [0, 0.1) is 11.3 Å². The zero-order valence-electron chi connectivity index (χ0n) is 9.81. The van der Waals surface area contributed by atoms with Crippen molar-refractivity contribution in [3.05, 3.63) is 0 Å². The molecule has 1 N–H and O–H groups in total. The van der Waals surface area contributed by atoms with Gasteiger partial charge < -0.3 is 5.32 Å². The van der Waals surface area contributed by atoms with Gasteiger partial charge >= 0.3 is 0 Å². The molecule has 1 saturated heterocycles. The molecule has 1 heteroatoms. The molecule has 2 fully saturated rings. The van der Waals surface area contributed by atoms with Gasteiger partial charge in [0, 0.05) is 6.04 Å². The first kappa shape index (κ1) is 10.5. The third-order valence-corrected chi connectivity index (χ3v) is 4.60. The van der Waals surface area contributed by atoms with Crippen molar-refractivity contribution >= 4 is 0 Å². The Morgan fingerprint density at radius 2 is 2.14 bits per heavy atom. The van der Waals surface area contributed by atoms with Crippen LogP contribution in [0.15, 0.2) is 0 Å². The molecule has 1 aliphatic carbocycles. The molecular weight excluding hydrogens is 170 g/mol. The third kappa shape index (κ3) is 2.13. The van der Waals surface area contributed by atoms with Gasteiger partial charge in [0.2, 0.25) is 0 Å². The normalized spacial score (nSPS) is 36.4. The second-order valence-corrected chi connectivity index (χ2v) is 5.69. The van der Waals surface area contributed by atoms with Gasteiger partial charge in [0.15, 0.2) is 0 Å². The minimum Gasteiger partial charge on any atom is -0.314 e. The van der Waals surface area contributed by atoms with Crippen molar-refractivity contribution in [2.75, 3.05) is 6.54 Å². The third-order valence-electron chi connectivity index (χ3n) is 4.60. The Bertz CT molecular complexity index is 178. The van der Waals surface area contributed by atoms with Crippen LogP contribution in [0.25, 0.3) is 0 Å². The molecule has 14 heavy (non-hydrogen) atoms. The van der Waals surface area contributed by atoms with Crippen molar-refractivity contribution < 1.29 is 0 Å². The fraction of sp³-hybridized carbons (Fsp3) is 1.00. The maximum absolute atomic E-state index is 3.71. The Morgan fingerprint density at radius 3 is 2.64 bits per heavy atom. The van der Waals surface area contributed by atoms with Crippen LogP contribution in [0.2, 0.25) is 0 Å². The van der Waals surface area contributed by atoms with Crippen LogP contribution in [0.3, 0.4) is 0 Å². The summed E-state index contributed by atoms with van der Waals surface area (Å²) < 4.78 is 0. The minimum absolute atomic E-state index is 0.745. The smallest absolute Gasteiger partial charge is 0.00748 e. The summed E-state index contributed by atoms with van der Waals surface area (Å²) in [5.41, 5.74) is 0.745. The fourth-order valence-corrected chi connectivity index (χ4v) is 3.28. The summed E-state index contributed by atoms with van der Waals surface area (Å²) in [4.78, 5) is 0. The number of hydrogen-bond donors (Lipinski definition) is 1. The first-order valence-corrected chi connectivity index (χ1v) is 6.47. The summed E-state index contributed by atoms with van der Waals surface area (Å²) in [7, 11) is 0. The van der Waals surface area contributed by atoms with Crippen LogP contribution < -0.4 is 5.32 Å². The van der Waals surface area contributed by atoms with Crippen molar-refractivity contribution in [1.82, 2.24) is 5.32 Å². The maximum atomic E-state index is 3.71. The Balaban J connectivity index is 1.83. The minimum atomic E-state index is 0.745. The molecule has 0 aromatic carbocycles. The highest BCUT2D eigenvalue weighted by molar-refractivity contribution is 4.91. The highest BCUT2D eigenvalue weighted by Crippen LogP contribution is 2.48. The van der Waals surface area contributed by atoms with Crippen LogP contribution in [-0.4, -0.2) is 12.6 Å². The Morgan fingerprint density at radius 1 is 1.36 bits per heavy atom. The second-order valence-electron chi connectivity index (χ2n) is 5.69. The highest BCUT2D eigenvalue weighted by Gasteiger charge is 2.37. The Hall–Kier alpha value is -0.0400. The van der Waals surface area contributed by atoms with Gasteiger partial charge in [-0.25, -0.2) is 0 Å². The van der Waals surface area contributed by atoms with E-state index in [1.807, 2.05) is 0 Å². The number of piperidine rings is 1. The molecule has 2 rings (SSSR count). The van der Waals surface area contributed by atoms with Crippen molar-refractivity contribution in [1.29, 1.82) is 0 Å². The van der Waals surface area contributed by atoms with Gasteiger partial charge in [0.25, 0.3) is 0 Å². The van der Waals surface area contributed by atoms with E-state index in [1.54, 1.807) is 0 Å². The number of hydrogen-bond acceptors (Lipinski definition) is 1. The zero-order valence-corrected chi connectivity index (χ0v) is 9.81. The monoisotopic (exact) mass is 195 g/mol. The van der Waals surface area contributed by atoms with Crippen LogP contribution >= 0.6 is 0 Å². The lowest BCUT2D eigenvalue weighted by Gasteiger charge is -2.45. The van der Waals surface area contributed by atoms with E-state index in [1.165, 1.54) is 51.5 Å². The summed E-state index contributed by atoms with van der Waals surface area (Å²) in [6.45, 7) is 6.05. The van der Waals surface area contributed by atoms with Gasteiger partial charge in [-0.3, -0.25) is 0 Å². The largest absolute Gasteiger partial charge is 0.314 e. The summed E-state index contributed by atoms with van der Waals surface area (Å²) in [5.74, 6) is 0.954. The molecule has 2 unspecified atom stereocenters. The molecule has 2 atom stereocenters. The lowest BCUT2D eigenvalue weighted by Crippen LogP contribution is -2.43. The van der Waals surface area contributed by atoms with E-state index in [2.05, 4.69) is 19.2 Å². The van der Waals surface area contributed by atoms with Crippen molar-refractivity contribution in [3.8, 4) is 0 Å². The maximum Gasteiger partial charge on any atom is 0.00748 e. The quantitative estimate of drug-likeness (QED) is 0.728. The van der Waals surface area contributed by atoms with Crippen LogP contribution in [0.5, 0.6) is 0 Å². The fourth-order valence-electron chi connectivity index (χ4n) is 3.28. The predicted molar refractivity (Wildman–Crippen MR) is 61.4 cm³/mol. The summed E-state index contributed by atoms with van der Waals surface area (Å²) >= 11 is 0. The lowest BCUT2D eigenvalue weighted by molar-refractivity contribution is 0.0853. The van der Waals surface area contributed by atoms with Crippen LogP contribution in [-0.2, 0) is 0 Å². The average molecular weight is 195 g/mol. The number of rotatable bonds is 3. The highest BCUT2D eigenvalue weighted by atomic mass is 14.9. The molecule has 2 aliphatic rings. The van der Waals surface area contributed by atoms with Crippen molar-refractivity contribution in [2.45, 2.75) is 64.8 Å². The van der Waals surface area contributed by atoms with Gasteiger partial charge in [0.05, 0.1) is 0 Å². The molecule has 1 saturated carbocycles. The van der Waals surface area contributed by atoms with E-state index < -0.39 is 0 Å². The summed E-state index contributed by atoms with van der Waals surface area (Å²) in [5, 5.41) is 3.71. The van der Waals surface area contributed by atoms with Crippen molar-refractivity contribution in [2.24, 2.45) is 11.3 Å². The number of nitrogens with one attached hydrogen (secondary N) is 1. The molecule has 1 aliphatic heterocycles. The topological polar surface area (TPSA) is 12.0 Å². The summed E-state index contributed by atoms with van der Waals surface area (Å²) in [6.07, 6.45) is 10.1. The second kappa shape index (κ2) is 4.22. The van der Waals surface area contributed by atoms with Gasteiger partial charge in [0.1, 0.15) is 0 Å². The van der Waals surface area contributed by atoms with Crippen molar-refractivity contribution in [3.63, 3.8) is 0 Å². The van der Waals surface area contributed by atoms with Gasteiger partial charge in [-0.2, -0.15) is 0 Å². The summed E-state index contributed by atoms with van der Waals surface area (Å²) in [6, 6.07) is 0.832. The van der Waals surface area contributed by atoms with Crippen LogP contribution in [0.4, 0.5) is 0 Å². The van der Waals surface area contributed by atoms with Gasteiger partial charge in [-0.05, 0) is 50.0 Å². The molecule has 0 amide bonds. The average Bonchev–Trinajstić information content (AvgIpc) is 2.11.